The van der Waals surface area contributed by atoms with Gasteiger partial charge in [0, 0.05) is 31.9 Å². The molecule has 122 valence electrons. The number of nitrogens with one attached hydrogen (secondary N) is 2. The molecule has 0 bridgehead atoms. The number of rotatable bonds is 3. The molecule has 2 aromatic rings. The number of ether oxygens (including phenoxy) is 1. The minimum Gasteiger partial charge on any atom is -0.376 e. The van der Waals surface area contributed by atoms with E-state index in [1.54, 1.807) is 0 Å². The normalized spacial score (nSPS) is 20.9. The summed E-state index contributed by atoms with van der Waals surface area (Å²) in [5.41, 5.74) is 3.21. The van der Waals surface area contributed by atoms with Gasteiger partial charge in [-0.1, -0.05) is 0 Å². The maximum atomic E-state index is 12.2. The van der Waals surface area contributed by atoms with Crippen LogP contribution < -0.4 is 15.8 Å². The van der Waals surface area contributed by atoms with Crippen molar-refractivity contribution >= 4 is 16.6 Å². The quantitative estimate of drug-likeness (QED) is 0.883. The highest BCUT2D eigenvalue weighted by molar-refractivity contribution is 5.84. The van der Waals surface area contributed by atoms with Gasteiger partial charge in [-0.05, 0) is 37.5 Å². The van der Waals surface area contributed by atoms with Crippen LogP contribution in [-0.2, 0) is 11.2 Å². The Balaban J connectivity index is 1.58. The Hall–Kier alpha value is -1.92. The first-order chi connectivity index (χ1) is 11.2. The van der Waals surface area contributed by atoms with Crippen LogP contribution in [0, 0.1) is 6.92 Å². The number of hydrogen-bond donors (Lipinski definition) is 2. The highest BCUT2D eigenvalue weighted by Crippen LogP contribution is 2.31. The second kappa shape index (κ2) is 5.94. The Morgan fingerprint density at radius 1 is 1.43 bits per heavy atom. The number of benzene rings is 1. The Bertz CT molecular complexity index is 780. The largest absolute Gasteiger partial charge is 0.376 e. The molecule has 6 nitrogen and oxygen atoms in total. The number of nitrogens with zero attached hydrogens (tertiary/aromatic N) is 2. The summed E-state index contributed by atoms with van der Waals surface area (Å²) in [7, 11) is 0. The van der Waals surface area contributed by atoms with Crippen molar-refractivity contribution in [2.24, 2.45) is 0 Å². The lowest BCUT2D eigenvalue weighted by molar-refractivity contribution is 0.0249. The van der Waals surface area contributed by atoms with Gasteiger partial charge < -0.3 is 19.9 Å². The van der Waals surface area contributed by atoms with Crippen molar-refractivity contribution in [1.82, 2.24) is 15.3 Å². The van der Waals surface area contributed by atoms with Crippen molar-refractivity contribution in [1.29, 1.82) is 0 Å². The van der Waals surface area contributed by atoms with Crippen molar-refractivity contribution in [3.05, 3.63) is 33.9 Å². The smallest absolute Gasteiger partial charge is 0.258 e. The minimum absolute atomic E-state index is 0.0537. The second-order valence-corrected chi connectivity index (χ2v) is 6.37. The van der Waals surface area contributed by atoms with Crippen LogP contribution in [0.1, 0.15) is 17.8 Å². The van der Waals surface area contributed by atoms with Gasteiger partial charge in [0.1, 0.15) is 5.82 Å². The van der Waals surface area contributed by atoms with Crippen LogP contribution in [0.15, 0.2) is 16.9 Å². The molecular formula is C17H22N4O2. The van der Waals surface area contributed by atoms with E-state index < -0.39 is 0 Å². The third kappa shape index (κ3) is 2.84. The lowest BCUT2D eigenvalue weighted by Gasteiger charge is -2.27. The number of morpholine rings is 1. The van der Waals surface area contributed by atoms with Gasteiger partial charge in [0.2, 0.25) is 0 Å². The molecule has 1 atom stereocenters. The summed E-state index contributed by atoms with van der Waals surface area (Å²) in [4.78, 5) is 21.8. The molecular weight excluding hydrogens is 292 g/mol. The second-order valence-electron chi connectivity index (χ2n) is 6.37. The Labute approximate surface area is 134 Å². The zero-order valence-electron chi connectivity index (χ0n) is 13.4. The van der Waals surface area contributed by atoms with Gasteiger partial charge in [-0.15, -0.1) is 0 Å². The zero-order valence-corrected chi connectivity index (χ0v) is 13.4. The molecule has 1 aromatic carbocycles. The first-order valence-corrected chi connectivity index (χ1v) is 8.31. The number of hydrogen-bond acceptors (Lipinski definition) is 5. The van der Waals surface area contributed by atoms with E-state index in [0.29, 0.717) is 17.3 Å². The fraction of sp³-hybridized carbons (Fsp3) is 0.529. The number of aryl methyl sites for hydroxylation is 1. The fourth-order valence-electron chi connectivity index (χ4n) is 3.54. The molecule has 1 unspecified atom stereocenters. The average molecular weight is 314 g/mol. The van der Waals surface area contributed by atoms with Crippen LogP contribution in [0.3, 0.4) is 0 Å². The first-order valence-electron chi connectivity index (χ1n) is 8.31. The summed E-state index contributed by atoms with van der Waals surface area (Å²) in [5.74, 6) is 0.666. The molecule has 0 spiro atoms. The van der Waals surface area contributed by atoms with E-state index in [9.17, 15) is 4.79 Å². The minimum atomic E-state index is -0.0537. The monoisotopic (exact) mass is 314 g/mol. The lowest BCUT2D eigenvalue weighted by atomic mass is 10.1. The van der Waals surface area contributed by atoms with Crippen molar-refractivity contribution in [3.8, 4) is 0 Å². The van der Waals surface area contributed by atoms with Crippen LogP contribution in [0.5, 0.6) is 0 Å². The predicted molar refractivity (Wildman–Crippen MR) is 90.2 cm³/mol. The summed E-state index contributed by atoms with van der Waals surface area (Å²) in [5, 5.41) is 4.05. The molecule has 1 fully saturated rings. The van der Waals surface area contributed by atoms with Gasteiger partial charge in [0.15, 0.2) is 0 Å². The van der Waals surface area contributed by atoms with E-state index in [2.05, 4.69) is 26.3 Å². The topological polar surface area (TPSA) is 70.2 Å². The average Bonchev–Trinajstić information content (AvgIpc) is 2.94. The zero-order chi connectivity index (χ0) is 15.8. The predicted octanol–water partition coefficient (Wildman–Crippen LogP) is 0.973. The molecule has 2 aliphatic heterocycles. The summed E-state index contributed by atoms with van der Waals surface area (Å²) in [6, 6.07) is 4.08. The van der Waals surface area contributed by atoms with Gasteiger partial charge in [0.05, 0.1) is 23.6 Å². The van der Waals surface area contributed by atoms with E-state index in [1.807, 2.05) is 13.0 Å². The number of anilines is 1. The van der Waals surface area contributed by atoms with Gasteiger partial charge >= 0.3 is 0 Å². The van der Waals surface area contributed by atoms with E-state index in [1.165, 1.54) is 11.3 Å². The summed E-state index contributed by atoms with van der Waals surface area (Å²) in [6.45, 7) is 6.46. The molecule has 2 N–H and O–H groups in total. The van der Waals surface area contributed by atoms with Gasteiger partial charge in [-0.3, -0.25) is 4.79 Å². The Morgan fingerprint density at radius 2 is 2.35 bits per heavy atom. The summed E-state index contributed by atoms with van der Waals surface area (Å²) >= 11 is 0. The van der Waals surface area contributed by atoms with Crippen molar-refractivity contribution in [3.63, 3.8) is 0 Å². The summed E-state index contributed by atoms with van der Waals surface area (Å²) in [6.07, 6.45) is 2.32. The fourth-order valence-corrected chi connectivity index (χ4v) is 3.54. The van der Waals surface area contributed by atoms with E-state index in [4.69, 9.17) is 4.74 Å². The highest BCUT2D eigenvalue weighted by atomic mass is 16.5. The molecule has 6 heteroatoms. The van der Waals surface area contributed by atoms with E-state index >= 15 is 0 Å². The Kier molecular flexibility index (Phi) is 3.79. The maximum absolute atomic E-state index is 12.2. The standard InChI is InChI=1S/C17H22N4O2/c1-11-19-15-8-12-2-5-21(6-3-13-10-18-4-7-23-13)16(12)9-14(15)17(22)20-11/h8-9,13,18H,2-7,10H2,1H3,(H,19,20,22). The van der Waals surface area contributed by atoms with Crippen molar-refractivity contribution in [2.75, 3.05) is 37.7 Å². The number of H-pyrrole nitrogens is 1. The molecule has 1 aromatic heterocycles. The van der Waals surface area contributed by atoms with Gasteiger partial charge in [0.25, 0.3) is 5.56 Å². The first kappa shape index (κ1) is 14.7. The number of fused-ring (bicyclic) bond motifs is 2. The maximum Gasteiger partial charge on any atom is 0.258 e. The van der Waals surface area contributed by atoms with Crippen LogP contribution in [0.4, 0.5) is 5.69 Å². The third-order valence-corrected chi connectivity index (χ3v) is 4.74. The molecule has 23 heavy (non-hydrogen) atoms. The molecule has 2 aliphatic rings. The van der Waals surface area contributed by atoms with E-state index in [0.717, 1.165) is 51.1 Å². The molecule has 4 rings (SSSR count). The van der Waals surface area contributed by atoms with Crippen LogP contribution in [0.25, 0.3) is 10.9 Å². The van der Waals surface area contributed by atoms with Crippen LogP contribution in [0.2, 0.25) is 0 Å². The SMILES string of the molecule is Cc1nc2cc3c(cc2c(=O)[nH]1)N(CCC1CNCCO1)CC3. The summed E-state index contributed by atoms with van der Waals surface area (Å²) < 4.78 is 5.77. The third-order valence-electron chi connectivity index (χ3n) is 4.74. The lowest BCUT2D eigenvalue weighted by Crippen LogP contribution is -2.40. The van der Waals surface area contributed by atoms with Crippen LogP contribution >= 0.6 is 0 Å². The molecule has 0 radical (unpaired) electrons. The van der Waals surface area contributed by atoms with Gasteiger partial charge in [-0.2, -0.15) is 0 Å². The van der Waals surface area contributed by atoms with Crippen molar-refractivity contribution < 1.29 is 4.74 Å². The molecule has 1 saturated heterocycles. The highest BCUT2D eigenvalue weighted by Gasteiger charge is 2.22. The molecule has 0 saturated carbocycles. The van der Waals surface area contributed by atoms with E-state index in [-0.39, 0.29) is 5.56 Å². The Morgan fingerprint density at radius 3 is 3.17 bits per heavy atom. The number of aromatic amines is 1. The van der Waals surface area contributed by atoms with Gasteiger partial charge in [-0.25, -0.2) is 4.98 Å². The number of aromatic nitrogens is 2. The van der Waals surface area contributed by atoms with Crippen molar-refractivity contribution in [2.45, 2.75) is 25.9 Å². The molecule has 0 amide bonds. The molecule has 0 aliphatic carbocycles. The molecule has 3 heterocycles. The van der Waals surface area contributed by atoms with Crippen LogP contribution in [-0.4, -0.2) is 48.9 Å².